The van der Waals surface area contributed by atoms with Gasteiger partial charge < -0.3 is 5.32 Å². The van der Waals surface area contributed by atoms with Gasteiger partial charge in [0.2, 0.25) is 5.91 Å². The molecular weight excluding hydrogens is 450 g/mol. The molecule has 2 aromatic carbocycles. The number of thiophene rings is 1. The van der Waals surface area contributed by atoms with Gasteiger partial charge in [0.15, 0.2) is 5.16 Å². The lowest BCUT2D eigenvalue weighted by molar-refractivity contribution is -0.119. The van der Waals surface area contributed by atoms with Crippen LogP contribution in [0, 0.1) is 0 Å². The van der Waals surface area contributed by atoms with Crippen LogP contribution in [0.15, 0.2) is 69.9 Å². The fourth-order valence-electron chi connectivity index (χ4n) is 3.88. The molecule has 1 atom stereocenters. The smallest absolute Gasteiger partial charge is 0.276 e. The molecule has 1 amide bonds. The van der Waals surface area contributed by atoms with E-state index in [0.717, 1.165) is 12.8 Å². The molecule has 2 heterocycles. The number of nitrogens with zero attached hydrogens (tertiary/aromatic N) is 2. The summed E-state index contributed by atoms with van der Waals surface area (Å²) in [7, 11) is 0. The summed E-state index contributed by atoms with van der Waals surface area (Å²) in [5, 5.41) is 6.06. The molecule has 1 unspecified atom stereocenters. The van der Waals surface area contributed by atoms with Crippen molar-refractivity contribution in [3.05, 3.63) is 86.5 Å². The summed E-state index contributed by atoms with van der Waals surface area (Å²) in [6, 6.07) is 17.1. The third-order valence-electron chi connectivity index (χ3n) is 5.33. The van der Waals surface area contributed by atoms with Gasteiger partial charge in [-0.05, 0) is 59.7 Å². The molecule has 4 aromatic rings. The van der Waals surface area contributed by atoms with Crippen LogP contribution in [-0.2, 0) is 11.2 Å². The van der Waals surface area contributed by atoms with Crippen molar-refractivity contribution in [1.29, 1.82) is 0 Å². The van der Waals surface area contributed by atoms with Gasteiger partial charge in [-0.15, -0.1) is 11.3 Å². The quantitative estimate of drug-likeness (QED) is 0.331. The van der Waals surface area contributed by atoms with Crippen LogP contribution in [0.25, 0.3) is 15.9 Å². The Bertz CT molecular complexity index is 1330. The van der Waals surface area contributed by atoms with E-state index in [2.05, 4.69) is 22.4 Å². The Labute approximate surface area is 192 Å². The Balaban J connectivity index is 1.40. The van der Waals surface area contributed by atoms with Crippen LogP contribution in [0.4, 0.5) is 0 Å². The molecule has 5 rings (SSSR count). The Morgan fingerprint density at radius 3 is 2.84 bits per heavy atom. The van der Waals surface area contributed by atoms with Crippen molar-refractivity contribution in [3.63, 3.8) is 0 Å². The van der Waals surface area contributed by atoms with Crippen LogP contribution < -0.4 is 10.9 Å². The maximum Gasteiger partial charge on any atom is 0.276 e. The molecule has 5 nitrogen and oxygen atoms in total. The van der Waals surface area contributed by atoms with Crippen molar-refractivity contribution in [2.75, 3.05) is 5.75 Å². The second-order valence-corrected chi connectivity index (χ2v) is 9.59. The van der Waals surface area contributed by atoms with Gasteiger partial charge in [-0.1, -0.05) is 47.6 Å². The zero-order chi connectivity index (χ0) is 21.4. The van der Waals surface area contributed by atoms with Gasteiger partial charge >= 0.3 is 0 Å². The van der Waals surface area contributed by atoms with E-state index >= 15 is 0 Å². The average molecular weight is 468 g/mol. The van der Waals surface area contributed by atoms with Gasteiger partial charge in [0.05, 0.1) is 23.0 Å². The topological polar surface area (TPSA) is 64.0 Å². The fraction of sp³-hybridized carbons (Fsp3) is 0.174. The van der Waals surface area contributed by atoms with Gasteiger partial charge in [0, 0.05) is 5.02 Å². The largest absolute Gasteiger partial charge is 0.349 e. The lowest BCUT2D eigenvalue weighted by atomic mass is 10.1. The standard InChI is InChI=1S/C23H18ClN3O2S2/c24-15-6-8-16(9-7-15)27-22(29)21-19(11-12-30-21)26-23(27)31-13-20(28)25-18-10-5-14-3-1-2-4-17(14)18/h1-4,6-9,11-12,18H,5,10,13H2,(H,25,28). The Morgan fingerprint density at radius 2 is 2.00 bits per heavy atom. The summed E-state index contributed by atoms with van der Waals surface area (Å²) < 4.78 is 2.14. The number of hydrogen-bond acceptors (Lipinski definition) is 5. The maximum absolute atomic E-state index is 13.1. The number of nitrogens with one attached hydrogen (secondary N) is 1. The van der Waals surface area contributed by atoms with Gasteiger partial charge in [-0.2, -0.15) is 0 Å². The Morgan fingerprint density at radius 1 is 1.19 bits per heavy atom. The molecule has 1 aliphatic rings. The molecule has 0 radical (unpaired) electrons. The summed E-state index contributed by atoms with van der Waals surface area (Å²) in [6.45, 7) is 0. The summed E-state index contributed by atoms with van der Waals surface area (Å²) in [5.74, 6) is 0.1000. The normalized spacial score (nSPS) is 15.2. The minimum atomic E-state index is -0.144. The van der Waals surface area contributed by atoms with Gasteiger partial charge in [-0.3, -0.25) is 14.2 Å². The van der Waals surface area contributed by atoms with Crippen molar-refractivity contribution < 1.29 is 4.79 Å². The first-order valence-corrected chi connectivity index (χ1v) is 12.1. The lowest BCUT2D eigenvalue weighted by Crippen LogP contribution is -2.29. The molecule has 0 aliphatic heterocycles. The predicted molar refractivity (Wildman–Crippen MR) is 127 cm³/mol. The van der Waals surface area contributed by atoms with Gasteiger partial charge in [-0.25, -0.2) is 4.98 Å². The molecule has 2 aromatic heterocycles. The molecule has 0 fully saturated rings. The number of hydrogen-bond donors (Lipinski definition) is 1. The Hall–Kier alpha value is -2.61. The van der Waals surface area contributed by atoms with E-state index in [1.807, 2.05) is 23.6 Å². The number of amides is 1. The van der Waals surface area contributed by atoms with E-state index in [-0.39, 0.29) is 23.3 Å². The highest BCUT2D eigenvalue weighted by Crippen LogP contribution is 2.31. The molecular formula is C23H18ClN3O2S2. The average Bonchev–Trinajstić information content (AvgIpc) is 3.41. The van der Waals surface area contributed by atoms with Crippen LogP contribution in [0.1, 0.15) is 23.6 Å². The number of aryl methyl sites for hydroxylation is 1. The highest BCUT2D eigenvalue weighted by atomic mass is 35.5. The SMILES string of the molecule is O=C(CSc1nc2ccsc2c(=O)n1-c1ccc(Cl)cc1)NC1CCc2ccccc21. The molecule has 8 heteroatoms. The Kier molecular flexibility index (Phi) is 5.56. The predicted octanol–water partition coefficient (Wildman–Crippen LogP) is 5.00. The number of rotatable bonds is 5. The molecule has 0 bridgehead atoms. The van der Waals surface area contributed by atoms with Crippen LogP contribution in [0.2, 0.25) is 5.02 Å². The van der Waals surface area contributed by atoms with Crippen LogP contribution in [0.5, 0.6) is 0 Å². The van der Waals surface area contributed by atoms with E-state index in [9.17, 15) is 9.59 Å². The minimum absolute atomic E-state index is 0.0371. The number of aromatic nitrogens is 2. The highest BCUT2D eigenvalue weighted by Gasteiger charge is 2.24. The van der Waals surface area contributed by atoms with Crippen molar-refractivity contribution in [2.24, 2.45) is 0 Å². The summed E-state index contributed by atoms with van der Waals surface area (Å²) >= 11 is 8.64. The maximum atomic E-state index is 13.1. The highest BCUT2D eigenvalue weighted by molar-refractivity contribution is 7.99. The zero-order valence-corrected chi connectivity index (χ0v) is 18.8. The summed E-state index contributed by atoms with van der Waals surface area (Å²) in [6.07, 6.45) is 1.88. The van der Waals surface area contributed by atoms with Gasteiger partial charge in [0.1, 0.15) is 4.70 Å². The molecule has 0 saturated heterocycles. The summed E-state index contributed by atoms with van der Waals surface area (Å²) in [5.41, 5.74) is 3.66. The number of thioether (sulfide) groups is 1. The fourth-order valence-corrected chi connectivity index (χ4v) is 5.59. The van der Waals surface area contributed by atoms with Crippen molar-refractivity contribution >= 4 is 50.8 Å². The van der Waals surface area contributed by atoms with E-state index in [1.54, 1.807) is 28.8 Å². The molecule has 31 heavy (non-hydrogen) atoms. The van der Waals surface area contributed by atoms with E-state index in [4.69, 9.17) is 11.6 Å². The number of carbonyl (C=O) groups is 1. The molecule has 1 aliphatic carbocycles. The number of benzene rings is 2. The van der Waals surface area contributed by atoms with Gasteiger partial charge in [0.25, 0.3) is 5.56 Å². The van der Waals surface area contributed by atoms with Crippen LogP contribution in [-0.4, -0.2) is 21.2 Å². The minimum Gasteiger partial charge on any atom is -0.349 e. The van der Waals surface area contributed by atoms with E-state index in [0.29, 0.717) is 26.1 Å². The third kappa shape index (κ3) is 4.01. The van der Waals surface area contributed by atoms with Crippen molar-refractivity contribution in [3.8, 4) is 5.69 Å². The monoisotopic (exact) mass is 467 g/mol. The van der Waals surface area contributed by atoms with Crippen molar-refractivity contribution in [1.82, 2.24) is 14.9 Å². The molecule has 0 saturated carbocycles. The number of carbonyl (C=O) groups excluding carboxylic acids is 1. The van der Waals surface area contributed by atoms with Crippen LogP contribution in [0.3, 0.4) is 0 Å². The first kappa shape index (κ1) is 20.3. The molecule has 156 valence electrons. The molecule has 1 N–H and O–H groups in total. The number of halogens is 1. The first-order chi connectivity index (χ1) is 15.1. The zero-order valence-electron chi connectivity index (χ0n) is 16.4. The molecule has 0 spiro atoms. The lowest BCUT2D eigenvalue weighted by Gasteiger charge is -2.15. The van der Waals surface area contributed by atoms with E-state index < -0.39 is 0 Å². The first-order valence-electron chi connectivity index (χ1n) is 9.86. The number of fused-ring (bicyclic) bond motifs is 2. The summed E-state index contributed by atoms with van der Waals surface area (Å²) in [4.78, 5) is 30.5. The van der Waals surface area contributed by atoms with E-state index in [1.165, 1.54) is 34.2 Å². The van der Waals surface area contributed by atoms with Crippen LogP contribution >= 0.6 is 34.7 Å². The second kappa shape index (κ2) is 8.49. The second-order valence-electron chi connectivity index (χ2n) is 7.29. The van der Waals surface area contributed by atoms with Crippen molar-refractivity contribution in [2.45, 2.75) is 24.0 Å². The third-order valence-corrected chi connectivity index (χ3v) is 7.42.